The maximum atomic E-state index is 12.4. The van der Waals surface area contributed by atoms with E-state index in [1.165, 1.54) is 22.9 Å². The normalized spacial score (nSPS) is 11.1. The van der Waals surface area contributed by atoms with Gasteiger partial charge in [-0.15, -0.1) is 0 Å². The summed E-state index contributed by atoms with van der Waals surface area (Å²) >= 11 is 7.58. The number of amides is 1. The highest BCUT2D eigenvalue weighted by Gasteiger charge is 2.13. The van der Waals surface area contributed by atoms with E-state index in [1.54, 1.807) is 10.7 Å². The summed E-state index contributed by atoms with van der Waals surface area (Å²) in [6.45, 7) is 6.14. The predicted octanol–water partition coefficient (Wildman–Crippen LogP) is 5.71. The smallest absolute Gasteiger partial charge is 0.234 e. The van der Waals surface area contributed by atoms with Crippen molar-refractivity contribution in [2.75, 3.05) is 11.1 Å². The molecule has 0 fully saturated rings. The Kier molecular flexibility index (Phi) is 5.79. The highest BCUT2D eigenvalue weighted by molar-refractivity contribution is 8.00. The van der Waals surface area contributed by atoms with E-state index >= 15 is 0 Å². The van der Waals surface area contributed by atoms with Gasteiger partial charge in [0.25, 0.3) is 0 Å². The molecular formula is C23H21ClN4OS. The fourth-order valence-electron chi connectivity index (χ4n) is 3.09. The molecule has 2 heterocycles. The number of carbonyl (C=O) groups excluding carboxylic acids is 1. The first kappa shape index (κ1) is 20.4. The lowest BCUT2D eigenvalue weighted by atomic mass is 10.0. The molecule has 4 rings (SSSR count). The highest BCUT2D eigenvalue weighted by atomic mass is 35.5. The molecule has 1 N–H and O–H groups in total. The van der Waals surface area contributed by atoms with Gasteiger partial charge in [0.05, 0.1) is 27.7 Å². The predicted molar refractivity (Wildman–Crippen MR) is 123 cm³/mol. The Hall–Kier alpha value is -2.83. The molecule has 7 heteroatoms. The molecule has 2 aromatic carbocycles. The molecule has 2 aromatic heterocycles. The Morgan fingerprint density at radius 1 is 1.10 bits per heavy atom. The van der Waals surface area contributed by atoms with Gasteiger partial charge >= 0.3 is 0 Å². The fraction of sp³-hybridized carbons (Fsp3) is 0.174. The molecule has 0 atom stereocenters. The molecule has 1 amide bonds. The van der Waals surface area contributed by atoms with Gasteiger partial charge in [-0.2, -0.15) is 5.10 Å². The summed E-state index contributed by atoms with van der Waals surface area (Å²) in [6.07, 6.45) is 3.51. The third-order valence-corrected chi connectivity index (χ3v) is 6.20. The zero-order chi connectivity index (χ0) is 21.3. The zero-order valence-corrected chi connectivity index (χ0v) is 18.5. The fourth-order valence-corrected chi connectivity index (χ4v) is 4.15. The van der Waals surface area contributed by atoms with E-state index in [9.17, 15) is 4.79 Å². The highest BCUT2D eigenvalue weighted by Crippen LogP contribution is 2.28. The molecule has 152 valence electrons. The van der Waals surface area contributed by atoms with Crippen LogP contribution in [0.2, 0.25) is 5.02 Å². The van der Waals surface area contributed by atoms with Crippen molar-refractivity contribution in [2.24, 2.45) is 0 Å². The van der Waals surface area contributed by atoms with Gasteiger partial charge < -0.3 is 5.32 Å². The third kappa shape index (κ3) is 4.35. The number of anilines is 1. The molecule has 0 bridgehead atoms. The van der Waals surface area contributed by atoms with Crippen LogP contribution in [0.5, 0.6) is 0 Å². The van der Waals surface area contributed by atoms with Crippen molar-refractivity contribution in [2.45, 2.75) is 25.8 Å². The Morgan fingerprint density at radius 2 is 1.93 bits per heavy atom. The number of fused-ring (bicyclic) bond motifs is 1. The minimum Gasteiger partial charge on any atom is -0.324 e. The number of nitrogens with zero attached hydrogens (tertiary/aromatic N) is 3. The minimum absolute atomic E-state index is 0.136. The molecule has 0 saturated carbocycles. The van der Waals surface area contributed by atoms with Gasteiger partial charge in [0.15, 0.2) is 0 Å². The monoisotopic (exact) mass is 436 g/mol. The molecule has 4 aromatic rings. The number of thioether (sulfide) groups is 1. The van der Waals surface area contributed by atoms with E-state index in [-0.39, 0.29) is 11.7 Å². The van der Waals surface area contributed by atoms with Gasteiger partial charge in [0, 0.05) is 18.0 Å². The van der Waals surface area contributed by atoms with Crippen molar-refractivity contribution >= 4 is 40.5 Å². The van der Waals surface area contributed by atoms with E-state index < -0.39 is 0 Å². The molecule has 5 nitrogen and oxygen atoms in total. The van der Waals surface area contributed by atoms with Crippen molar-refractivity contribution in [3.8, 4) is 11.3 Å². The number of halogens is 1. The average Bonchev–Trinajstić information content (AvgIpc) is 3.15. The first-order valence-corrected chi connectivity index (χ1v) is 10.9. The van der Waals surface area contributed by atoms with Gasteiger partial charge in [0.1, 0.15) is 5.03 Å². The summed E-state index contributed by atoms with van der Waals surface area (Å²) < 4.78 is 1.80. The summed E-state index contributed by atoms with van der Waals surface area (Å²) in [4.78, 5) is 16.9. The van der Waals surface area contributed by atoms with Crippen LogP contribution in [0.15, 0.2) is 59.9 Å². The van der Waals surface area contributed by atoms with E-state index in [0.29, 0.717) is 10.7 Å². The largest absolute Gasteiger partial charge is 0.324 e. The lowest BCUT2D eigenvalue weighted by molar-refractivity contribution is -0.113. The summed E-state index contributed by atoms with van der Waals surface area (Å²) in [7, 11) is 0. The van der Waals surface area contributed by atoms with Crippen LogP contribution >= 0.6 is 23.4 Å². The number of aryl methyl sites for hydroxylation is 3. The average molecular weight is 437 g/mol. The van der Waals surface area contributed by atoms with E-state index in [0.717, 1.165) is 27.4 Å². The topological polar surface area (TPSA) is 59.3 Å². The maximum absolute atomic E-state index is 12.4. The van der Waals surface area contributed by atoms with Crippen LogP contribution < -0.4 is 5.32 Å². The number of carbonyl (C=O) groups is 1. The second kappa shape index (κ2) is 8.50. The van der Waals surface area contributed by atoms with E-state index in [1.807, 2.05) is 37.4 Å². The van der Waals surface area contributed by atoms with Crippen LogP contribution in [0.1, 0.15) is 16.7 Å². The summed E-state index contributed by atoms with van der Waals surface area (Å²) in [5, 5.41) is 8.82. The van der Waals surface area contributed by atoms with E-state index in [4.69, 9.17) is 11.6 Å². The quantitative estimate of drug-likeness (QED) is 0.407. The second-order valence-corrected chi connectivity index (χ2v) is 8.58. The second-order valence-electron chi connectivity index (χ2n) is 7.21. The summed E-state index contributed by atoms with van der Waals surface area (Å²) in [5.74, 6) is 0.0876. The molecular weight excluding hydrogens is 416 g/mol. The SMILES string of the molecule is Cc1ccc(NC(=O)CSc2nccn3nc(-c4ccc(C)c(C)c4)cc23)c(Cl)c1. The van der Waals surface area contributed by atoms with Crippen LogP contribution in [0.3, 0.4) is 0 Å². The van der Waals surface area contributed by atoms with Gasteiger partial charge in [-0.3, -0.25) is 4.79 Å². The van der Waals surface area contributed by atoms with Crippen LogP contribution in [0.25, 0.3) is 16.8 Å². The molecule has 0 radical (unpaired) electrons. The number of hydrogen-bond acceptors (Lipinski definition) is 4. The Morgan fingerprint density at radius 3 is 2.70 bits per heavy atom. The van der Waals surface area contributed by atoms with Gasteiger partial charge in [0.2, 0.25) is 5.91 Å². The Bertz CT molecular complexity index is 1250. The number of aromatic nitrogens is 3. The molecule has 0 unspecified atom stereocenters. The van der Waals surface area contributed by atoms with E-state index in [2.05, 4.69) is 47.4 Å². The van der Waals surface area contributed by atoms with Gasteiger partial charge in [-0.1, -0.05) is 41.6 Å². The summed E-state index contributed by atoms with van der Waals surface area (Å²) in [6, 6.07) is 13.9. The molecule has 0 aliphatic carbocycles. The molecule has 30 heavy (non-hydrogen) atoms. The van der Waals surface area contributed by atoms with Gasteiger partial charge in [-0.05, 0) is 61.7 Å². The zero-order valence-electron chi connectivity index (χ0n) is 16.9. The Balaban J connectivity index is 1.52. The lowest BCUT2D eigenvalue weighted by Crippen LogP contribution is -2.14. The van der Waals surface area contributed by atoms with Crippen molar-refractivity contribution in [1.29, 1.82) is 0 Å². The third-order valence-electron chi connectivity index (χ3n) is 4.90. The maximum Gasteiger partial charge on any atom is 0.234 e. The van der Waals surface area contributed by atoms with Crippen LogP contribution in [0, 0.1) is 20.8 Å². The first-order chi connectivity index (χ1) is 14.4. The first-order valence-electron chi connectivity index (χ1n) is 9.51. The van der Waals surface area contributed by atoms with Crippen molar-refractivity contribution in [3.05, 3.63) is 76.6 Å². The van der Waals surface area contributed by atoms with Crippen molar-refractivity contribution < 1.29 is 4.79 Å². The molecule has 0 saturated heterocycles. The molecule has 0 spiro atoms. The summed E-state index contributed by atoms with van der Waals surface area (Å²) in [5.41, 5.74) is 6.94. The number of nitrogens with one attached hydrogen (secondary N) is 1. The number of benzene rings is 2. The van der Waals surface area contributed by atoms with Crippen LogP contribution in [0.4, 0.5) is 5.69 Å². The standard InChI is InChI=1S/C23H21ClN4OS/c1-14-4-7-19(18(24)10-14)26-22(29)13-30-23-21-12-20(27-28(21)9-8-25-23)17-6-5-15(2)16(3)11-17/h4-12H,13H2,1-3H3,(H,26,29). The van der Waals surface area contributed by atoms with Crippen LogP contribution in [-0.2, 0) is 4.79 Å². The van der Waals surface area contributed by atoms with Crippen molar-refractivity contribution in [1.82, 2.24) is 14.6 Å². The van der Waals surface area contributed by atoms with Crippen LogP contribution in [-0.4, -0.2) is 26.3 Å². The number of hydrogen-bond donors (Lipinski definition) is 1. The lowest BCUT2D eigenvalue weighted by Gasteiger charge is -2.08. The Labute approximate surface area is 184 Å². The molecule has 0 aliphatic rings. The van der Waals surface area contributed by atoms with Crippen molar-refractivity contribution in [3.63, 3.8) is 0 Å². The number of rotatable bonds is 5. The van der Waals surface area contributed by atoms with Gasteiger partial charge in [-0.25, -0.2) is 9.50 Å². The molecule has 0 aliphatic heterocycles. The minimum atomic E-state index is -0.136.